The van der Waals surface area contributed by atoms with Crippen molar-refractivity contribution in [2.45, 2.75) is 114 Å². The summed E-state index contributed by atoms with van der Waals surface area (Å²) >= 11 is 0. The number of hydrogen-bond donors (Lipinski definition) is 6. The summed E-state index contributed by atoms with van der Waals surface area (Å²) in [4.78, 5) is 25.7. The van der Waals surface area contributed by atoms with E-state index in [1.165, 1.54) is 13.0 Å². The number of carbonyl (C=O) groups excluding carboxylic acids is 2. The monoisotopic (exact) mass is 520 g/mol. The first kappa shape index (κ1) is 27.0. The molecule has 0 spiro atoms. The van der Waals surface area contributed by atoms with Crippen molar-refractivity contribution in [3.63, 3.8) is 0 Å². The Labute approximate surface area is 216 Å². The van der Waals surface area contributed by atoms with Crippen molar-refractivity contribution in [2.75, 3.05) is 0 Å². The van der Waals surface area contributed by atoms with Gasteiger partial charge in [-0.2, -0.15) is 0 Å². The maximum atomic E-state index is 13.3. The third-order valence-electron chi connectivity index (χ3n) is 11.8. The van der Waals surface area contributed by atoms with Gasteiger partial charge in [0.2, 0.25) is 0 Å². The molecule has 11 atom stereocenters. The highest BCUT2D eigenvalue weighted by atomic mass is 16.6. The van der Waals surface area contributed by atoms with Crippen molar-refractivity contribution in [3.05, 3.63) is 23.3 Å². The van der Waals surface area contributed by atoms with E-state index in [0.29, 0.717) is 12.0 Å². The molecule has 1 heterocycles. The lowest BCUT2D eigenvalue weighted by Crippen LogP contribution is -2.76. The van der Waals surface area contributed by atoms with E-state index in [-0.39, 0.29) is 31.5 Å². The van der Waals surface area contributed by atoms with Gasteiger partial charge in [-0.15, -0.1) is 0 Å². The number of ketones is 1. The van der Waals surface area contributed by atoms with Gasteiger partial charge in [-0.25, -0.2) is 4.79 Å². The van der Waals surface area contributed by atoms with Gasteiger partial charge in [-0.1, -0.05) is 18.6 Å². The third-order valence-corrected chi connectivity index (χ3v) is 11.8. The number of hydrogen-bond acceptors (Lipinski definition) is 9. The molecular weight excluding hydrogens is 480 g/mol. The van der Waals surface area contributed by atoms with E-state index in [1.807, 2.05) is 0 Å². The Morgan fingerprint density at radius 3 is 2.32 bits per heavy atom. The lowest BCUT2D eigenvalue weighted by atomic mass is 9.40. The van der Waals surface area contributed by atoms with Crippen LogP contribution in [0.5, 0.6) is 0 Å². The zero-order chi connectivity index (χ0) is 27.6. The fraction of sp³-hybridized carbons (Fsp3) is 0.786. The van der Waals surface area contributed by atoms with Crippen molar-refractivity contribution in [2.24, 2.45) is 22.7 Å². The molecule has 6 N–H and O–H groups in total. The minimum Gasteiger partial charge on any atom is -0.455 e. The number of cyclic esters (lactones) is 1. The molecule has 0 radical (unpaired) electrons. The van der Waals surface area contributed by atoms with Gasteiger partial charge in [-0.3, -0.25) is 4.79 Å². The summed E-state index contributed by atoms with van der Waals surface area (Å²) in [5.41, 5.74) is -9.56. The molecule has 3 saturated carbocycles. The zero-order valence-electron chi connectivity index (χ0n) is 22.2. The molecule has 9 nitrogen and oxygen atoms in total. The molecule has 0 aromatic rings. The van der Waals surface area contributed by atoms with Crippen LogP contribution in [0.25, 0.3) is 0 Å². The summed E-state index contributed by atoms with van der Waals surface area (Å²) < 4.78 is 5.55. The van der Waals surface area contributed by atoms with Crippen LogP contribution < -0.4 is 0 Å². The molecule has 5 aliphatic rings. The van der Waals surface area contributed by atoms with Gasteiger partial charge >= 0.3 is 5.97 Å². The molecule has 1 aliphatic heterocycles. The van der Waals surface area contributed by atoms with Crippen molar-refractivity contribution >= 4 is 11.8 Å². The second-order valence-corrected chi connectivity index (χ2v) is 13.0. The summed E-state index contributed by atoms with van der Waals surface area (Å²) in [5, 5.41) is 70.8. The predicted octanol–water partition coefficient (Wildman–Crippen LogP) is 0.680. The summed E-state index contributed by atoms with van der Waals surface area (Å²) in [6.45, 7) is 8.00. The number of rotatable bonds is 2. The van der Waals surface area contributed by atoms with Gasteiger partial charge in [0.15, 0.2) is 5.78 Å². The Morgan fingerprint density at radius 1 is 1.05 bits per heavy atom. The summed E-state index contributed by atoms with van der Waals surface area (Å²) in [6.07, 6.45) is -0.764. The summed E-state index contributed by atoms with van der Waals surface area (Å²) in [6, 6.07) is 0. The van der Waals surface area contributed by atoms with Crippen molar-refractivity contribution in [1.82, 2.24) is 0 Å². The number of carbonyl (C=O) groups is 2. The number of esters is 1. The van der Waals surface area contributed by atoms with E-state index in [9.17, 15) is 40.2 Å². The van der Waals surface area contributed by atoms with E-state index in [2.05, 4.69) is 0 Å². The van der Waals surface area contributed by atoms with Gasteiger partial charge in [-0.05, 0) is 71.3 Å². The molecule has 0 aromatic carbocycles. The minimum absolute atomic E-state index is 0.0846. The van der Waals surface area contributed by atoms with Crippen LogP contribution in [0.2, 0.25) is 0 Å². The fourth-order valence-electron chi connectivity index (χ4n) is 8.99. The standard InChI is InChI=1S/C28H40O9/c1-14-11-21(37-22(32)15(14)2)25(5,33)27(35)13-20(31)28(36)17-12-19(30)26(34)9-6-7-18(29)24(26,4)16(17)8-10-23(27,28)3/h6-7,16-17,19-21,30-31,33-36H,8-13H2,1-5H3/t16-,17+,19+,20+,21?,23+,24-,25-,26-,27-,28-/m0/s1. The number of fused-ring (bicyclic) bond motifs is 5. The quantitative estimate of drug-likeness (QED) is 0.287. The average molecular weight is 521 g/mol. The Balaban J connectivity index is 1.59. The van der Waals surface area contributed by atoms with E-state index in [1.54, 1.807) is 33.8 Å². The highest BCUT2D eigenvalue weighted by Crippen LogP contribution is 2.71. The molecule has 206 valence electrons. The number of aliphatic hydroxyl groups is 6. The smallest absolute Gasteiger partial charge is 0.334 e. The van der Waals surface area contributed by atoms with E-state index in [0.717, 1.165) is 5.57 Å². The summed E-state index contributed by atoms with van der Waals surface area (Å²) in [5.74, 6) is -2.37. The number of ether oxygens (including phenoxy) is 1. The van der Waals surface area contributed by atoms with Crippen LogP contribution in [0.15, 0.2) is 23.3 Å². The van der Waals surface area contributed by atoms with E-state index >= 15 is 0 Å². The van der Waals surface area contributed by atoms with Crippen LogP contribution in [-0.4, -0.2) is 83.1 Å². The molecule has 9 heteroatoms. The van der Waals surface area contributed by atoms with Gasteiger partial charge < -0.3 is 35.4 Å². The molecule has 5 rings (SSSR count). The Hall–Kier alpha value is -1.62. The third kappa shape index (κ3) is 2.85. The highest BCUT2D eigenvalue weighted by Gasteiger charge is 2.81. The van der Waals surface area contributed by atoms with Gasteiger partial charge in [0.25, 0.3) is 0 Å². The van der Waals surface area contributed by atoms with E-state index < -0.39 is 75.8 Å². The maximum absolute atomic E-state index is 13.3. The highest BCUT2D eigenvalue weighted by molar-refractivity contribution is 5.97. The van der Waals surface area contributed by atoms with E-state index in [4.69, 9.17) is 4.74 Å². The largest absolute Gasteiger partial charge is 0.455 e. The first-order valence-corrected chi connectivity index (χ1v) is 13.3. The van der Waals surface area contributed by atoms with Crippen LogP contribution in [0.3, 0.4) is 0 Å². The molecule has 0 aromatic heterocycles. The number of aliphatic hydroxyl groups excluding tert-OH is 2. The lowest BCUT2D eigenvalue weighted by molar-refractivity contribution is -0.307. The first-order valence-electron chi connectivity index (χ1n) is 13.3. The molecule has 3 fully saturated rings. The Bertz CT molecular complexity index is 1110. The van der Waals surface area contributed by atoms with Gasteiger partial charge in [0.05, 0.1) is 17.6 Å². The molecule has 37 heavy (non-hydrogen) atoms. The minimum atomic E-state index is -2.08. The first-order chi connectivity index (χ1) is 16.9. The molecular formula is C28H40O9. The maximum Gasteiger partial charge on any atom is 0.334 e. The second-order valence-electron chi connectivity index (χ2n) is 13.0. The molecule has 0 saturated heterocycles. The van der Waals surface area contributed by atoms with Crippen LogP contribution in [0, 0.1) is 22.7 Å². The molecule has 1 unspecified atom stereocenters. The van der Waals surface area contributed by atoms with Crippen molar-refractivity contribution < 1.29 is 45.0 Å². The molecule has 4 aliphatic carbocycles. The van der Waals surface area contributed by atoms with Crippen LogP contribution in [-0.2, 0) is 14.3 Å². The van der Waals surface area contributed by atoms with Crippen molar-refractivity contribution in [1.29, 1.82) is 0 Å². The zero-order valence-corrected chi connectivity index (χ0v) is 22.2. The Kier molecular flexibility index (Phi) is 5.64. The second kappa shape index (κ2) is 7.73. The molecule has 0 bridgehead atoms. The van der Waals surface area contributed by atoms with Crippen molar-refractivity contribution in [3.8, 4) is 0 Å². The predicted molar refractivity (Wildman–Crippen MR) is 131 cm³/mol. The van der Waals surface area contributed by atoms with Crippen LogP contribution in [0.4, 0.5) is 0 Å². The Morgan fingerprint density at radius 2 is 1.70 bits per heavy atom. The van der Waals surface area contributed by atoms with Crippen LogP contribution in [0.1, 0.15) is 73.1 Å². The summed E-state index contributed by atoms with van der Waals surface area (Å²) in [7, 11) is 0. The van der Waals surface area contributed by atoms with Gasteiger partial charge in [0.1, 0.15) is 28.5 Å². The average Bonchev–Trinajstić information content (AvgIpc) is 2.98. The fourth-order valence-corrected chi connectivity index (χ4v) is 8.99. The normalized spacial score (nSPS) is 53.2. The number of allylic oxidation sites excluding steroid dienone is 1. The van der Waals surface area contributed by atoms with Crippen LogP contribution >= 0.6 is 0 Å². The lowest BCUT2D eigenvalue weighted by Gasteiger charge is -2.66. The van der Waals surface area contributed by atoms with Gasteiger partial charge in [0, 0.05) is 23.8 Å². The molecule has 0 amide bonds. The topological polar surface area (TPSA) is 165 Å². The SMILES string of the molecule is CC1=C(C)C(=O)OC([C@](C)(O)[C@]2(O)C[C@@H](O)[C@@]3(O)[C@@H]4C[C@@H](O)[C@@]5(O)CC=CC(=O)[C@]5(C)[C@H]4CC[C@@]32C)C1.